The highest BCUT2D eigenvalue weighted by atomic mass is 32.2. The Bertz CT molecular complexity index is 390. The van der Waals surface area contributed by atoms with Gasteiger partial charge < -0.3 is 10.6 Å². The lowest BCUT2D eigenvalue weighted by atomic mass is 10.2. The number of amides is 1. The van der Waals surface area contributed by atoms with Crippen LogP contribution in [0.1, 0.15) is 12.5 Å². The van der Waals surface area contributed by atoms with Crippen molar-refractivity contribution in [1.29, 1.82) is 0 Å². The van der Waals surface area contributed by atoms with Crippen LogP contribution in [0.3, 0.4) is 0 Å². The van der Waals surface area contributed by atoms with E-state index in [0.29, 0.717) is 5.75 Å². The summed E-state index contributed by atoms with van der Waals surface area (Å²) in [5, 5.41) is 5.93. The van der Waals surface area contributed by atoms with Gasteiger partial charge in [-0.2, -0.15) is 0 Å². The van der Waals surface area contributed by atoms with E-state index in [9.17, 15) is 9.00 Å². The largest absolute Gasteiger partial charge is 0.326 e. The third kappa shape index (κ3) is 6.19. The van der Waals surface area contributed by atoms with Crippen molar-refractivity contribution in [2.24, 2.45) is 0 Å². The standard InChI is InChI=1S/C12H18N2O2S/c1-10(15)14-12-5-3-11(4-6-12)9-13-7-8-17(2)16/h3-6,13H,7-9H2,1-2H3,(H,14,15). The van der Waals surface area contributed by atoms with Gasteiger partial charge in [-0.25, -0.2) is 0 Å². The molecule has 1 aromatic rings. The average molecular weight is 254 g/mol. The lowest BCUT2D eigenvalue weighted by Crippen LogP contribution is -2.19. The molecule has 0 spiro atoms. The third-order valence-corrected chi connectivity index (χ3v) is 2.95. The Hall–Kier alpha value is -1.20. The van der Waals surface area contributed by atoms with Gasteiger partial charge in [-0.3, -0.25) is 9.00 Å². The number of hydrogen-bond acceptors (Lipinski definition) is 3. The summed E-state index contributed by atoms with van der Waals surface area (Å²) in [6.45, 7) is 2.98. The van der Waals surface area contributed by atoms with E-state index in [-0.39, 0.29) is 5.91 Å². The van der Waals surface area contributed by atoms with E-state index in [1.165, 1.54) is 6.92 Å². The highest BCUT2D eigenvalue weighted by Crippen LogP contribution is 2.09. The van der Waals surface area contributed by atoms with Crippen LogP contribution in [0, 0.1) is 0 Å². The predicted octanol–water partition coefficient (Wildman–Crippen LogP) is 1.11. The van der Waals surface area contributed by atoms with Crippen LogP contribution < -0.4 is 10.6 Å². The molecule has 1 amide bonds. The highest BCUT2D eigenvalue weighted by molar-refractivity contribution is 7.84. The van der Waals surface area contributed by atoms with Gasteiger partial charge in [-0.1, -0.05) is 12.1 Å². The molecule has 0 radical (unpaired) electrons. The van der Waals surface area contributed by atoms with Crippen LogP contribution in [-0.4, -0.2) is 28.7 Å². The lowest BCUT2D eigenvalue weighted by Gasteiger charge is -2.06. The molecule has 94 valence electrons. The summed E-state index contributed by atoms with van der Waals surface area (Å²) in [6.07, 6.45) is 1.70. The van der Waals surface area contributed by atoms with Gasteiger partial charge in [0.15, 0.2) is 0 Å². The smallest absolute Gasteiger partial charge is 0.221 e. The second-order valence-electron chi connectivity index (χ2n) is 3.83. The number of carbonyl (C=O) groups is 1. The van der Waals surface area contributed by atoms with Crippen LogP contribution in [0.15, 0.2) is 24.3 Å². The fourth-order valence-corrected chi connectivity index (χ4v) is 1.79. The Kier molecular flexibility index (Phi) is 5.86. The Morgan fingerprint density at radius 2 is 1.94 bits per heavy atom. The SMILES string of the molecule is CC(=O)Nc1ccc(CNCCS(C)=O)cc1. The molecule has 0 heterocycles. The molecule has 2 N–H and O–H groups in total. The van der Waals surface area contributed by atoms with Gasteiger partial charge in [0, 0.05) is 48.5 Å². The fourth-order valence-electron chi connectivity index (χ4n) is 1.36. The maximum Gasteiger partial charge on any atom is 0.221 e. The summed E-state index contributed by atoms with van der Waals surface area (Å²) < 4.78 is 10.8. The Balaban J connectivity index is 2.35. The summed E-state index contributed by atoms with van der Waals surface area (Å²) in [5.74, 6) is 0.602. The van der Waals surface area contributed by atoms with Crippen molar-refractivity contribution in [3.05, 3.63) is 29.8 Å². The molecular weight excluding hydrogens is 236 g/mol. The second-order valence-corrected chi connectivity index (χ2v) is 5.39. The molecule has 0 fully saturated rings. The van der Waals surface area contributed by atoms with E-state index >= 15 is 0 Å². The molecule has 0 bridgehead atoms. The molecule has 1 atom stereocenters. The zero-order valence-electron chi connectivity index (χ0n) is 10.2. The summed E-state index contributed by atoms with van der Waals surface area (Å²) in [6, 6.07) is 7.66. The van der Waals surface area contributed by atoms with E-state index in [4.69, 9.17) is 0 Å². The maximum atomic E-state index is 10.8. The number of benzene rings is 1. The first-order valence-corrected chi connectivity index (χ1v) is 7.18. The molecule has 0 aliphatic carbocycles. The Morgan fingerprint density at radius 3 is 2.47 bits per heavy atom. The molecule has 0 saturated carbocycles. The predicted molar refractivity (Wildman–Crippen MR) is 71.4 cm³/mol. The summed E-state index contributed by atoms with van der Waals surface area (Å²) in [5.41, 5.74) is 1.94. The van der Waals surface area contributed by atoms with E-state index in [2.05, 4.69) is 10.6 Å². The summed E-state index contributed by atoms with van der Waals surface area (Å²) in [7, 11) is -0.744. The van der Waals surface area contributed by atoms with E-state index in [1.54, 1.807) is 6.26 Å². The molecule has 0 aromatic heterocycles. The summed E-state index contributed by atoms with van der Waals surface area (Å²) >= 11 is 0. The first-order chi connectivity index (χ1) is 8.08. The number of hydrogen-bond donors (Lipinski definition) is 2. The summed E-state index contributed by atoms with van der Waals surface area (Å²) in [4.78, 5) is 10.8. The van der Waals surface area contributed by atoms with Crippen LogP contribution in [0.5, 0.6) is 0 Å². The third-order valence-electron chi connectivity index (χ3n) is 2.17. The zero-order chi connectivity index (χ0) is 12.7. The van der Waals surface area contributed by atoms with Crippen molar-refractivity contribution in [2.45, 2.75) is 13.5 Å². The van der Waals surface area contributed by atoms with Gasteiger partial charge in [0.1, 0.15) is 0 Å². The van der Waals surface area contributed by atoms with Crippen molar-refractivity contribution in [3.63, 3.8) is 0 Å². The topological polar surface area (TPSA) is 58.2 Å². The molecule has 5 heteroatoms. The normalized spacial score (nSPS) is 12.1. The second kappa shape index (κ2) is 7.19. The molecular formula is C12H18N2O2S. The van der Waals surface area contributed by atoms with Crippen LogP contribution in [0.4, 0.5) is 5.69 Å². The maximum absolute atomic E-state index is 10.8. The average Bonchev–Trinajstić information content (AvgIpc) is 2.25. The van der Waals surface area contributed by atoms with Gasteiger partial charge in [0.05, 0.1) is 0 Å². The Morgan fingerprint density at radius 1 is 1.29 bits per heavy atom. The lowest BCUT2D eigenvalue weighted by molar-refractivity contribution is -0.114. The van der Waals surface area contributed by atoms with Gasteiger partial charge in [-0.05, 0) is 17.7 Å². The molecule has 0 saturated heterocycles. The molecule has 1 aromatic carbocycles. The monoisotopic (exact) mass is 254 g/mol. The van der Waals surface area contributed by atoms with Crippen LogP contribution in [-0.2, 0) is 22.1 Å². The first kappa shape index (κ1) is 13.9. The fraction of sp³-hybridized carbons (Fsp3) is 0.417. The van der Waals surface area contributed by atoms with Crippen molar-refractivity contribution >= 4 is 22.4 Å². The van der Waals surface area contributed by atoms with E-state index in [0.717, 1.165) is 24.3 Å². The molecule has 0 aliphatic rings. The highest BCUT2D eigenvalue weighted by Gasteiger charge is 1.97. The van der Waals surface area contributed by atoms with Crippen LogP contribution in [0.2, 0.25) is 0 Å². The van der Waals surface area contributed by atoms with Crippen molar-refractivity contribution < 1.29 is 9.00 Å². The zero-order valence-corrected chi connectivity index (χ0v) is 11.0. The first-order valence-electron chi connectivity index (χ1n) is 5.45. The molecule has 1 rings (SSSR count). The number of rotatable bonds is 6. The molecule has 4 nitrogen and oxygen atoms in total. The minimum Gasteiger partial charge on any atom is -0.326 e. The molecule has 17 heavy (non-hydrogen) atoms. The van der Waals surface area contributed by atoms with Gasteiger partial charge >= 0.3 is 0 Å². The van der Waals surface area contributed by atoms with Gasteiger partial charge in [0.25, 0.3) is 0 Å². The van der Waals surface area contributed by atoms with Crippen molar-refractivity contribution in [2.75, 3.05) is 23.9 Å². The quantitative estimate of drug-likeness (QED) is 0.748. The van der Waals surface area contributed by atoms with Crippen LogP contribution >= 0.6 is 0 Å². The molecule has 0 aliphatic heterocycles. The molecule has 1 unspecified atom stereocenters. The van der Waals surface area contributed by atoms with Crippen LogP contribution in [0.25, 0.3) is 0 Å². The van der Waals surface area contributed by atoms with Gasteiger partial charge in [0.2, 0.25) is 5.91 Å². The minimum absolute atomic E-state index is 0.0682. The van der Waals surface area contributed by atoms with Crippen molar-refractivity contribution in [3.8, 4) is 0 Å². The van der Waals surface area contributed by atoms with Gasteiger partial charge in [-0.15, -0.1) is 0 Å². The minimum atomic E-state index is -0.744. The Labute approximate surface area is 104 Å². The number of anilines is 1. The number of carbonyl (C=O) groups excluding carboxylic acids is 1. The number of nitrogens with one attached hydrogen (secondary N) is 2. The van der Waals surface area contributed by atoms with E-state index < -0.39 is 10.8 Å². The van der Waals surface area contributed by atoms with Crippen molar-refractivity contribution in [1.82, 2.24) is 5.32 Å². The van der Waals surface area contributed by atoms with E-state index in [1.807, 2.05) is 24.3 Å².